The summed E-state index contributed by atoms with van der Waals surface area (Å²) < 4.78 is 1.55. The number of nitrogens with one attached hydrogen (secondary N) is 1. The van der Waals surface area contributed by atoms with Crippen LogP contribution in [0.3, 0.4) is 0 Å². The number of amides is 2. The smallest absolute Gasteiger partial charge is 0.269 e. The summed E-state index contributed by atoms with van der Waals surface area (Å²) in [5.41, 5.74) is 1.50. The zero-order valence-corrected chi connectivity index (χ0v) is 15.7. The first kappa shape index (κ1) is 17.8. The first-order chi connectivity index (χ1) is 13.1. The van der Waals surface area contributed by atoms with Gasteiger partial charge in [-0.3, -0.25) is 14.3 Å². The molecule has 2 amide bonds. The van der Waals surface area contributed by atoms with Crippen molar-refractivity contribution in [2.75, 3.05) is 13.1 Å². The number of nitrogens with zero attached hydrogens (tertiary/aromatic N) is 3. The third-order valence-electron chi connectivity index (χ3n) is 6.07. The Balaban J connectivity index is 1.46. The van der Waals surface area contributed by atoms with E-state index in [1.54, 1.807) is 24.0 Å². The third-order valence-corrected chi connectivity index (χ3v) is 6.07. The van der Waals surface area contributed by atoms with Crippen LogP contribution in [0.1, 0.15) is 54.2 Å². The second kappa shape index (κ2) is 7.18. The lowest BCUT2D eigenvalue weighted by Gasteiger charge is -2.58. The zero-order valence-electron chi connectivity index (χ0n) is 15.7. The summed E-state index contributed by atoms with van der Waals surface area (Å²) in [7, 11) is 1.74. The molecule has 2 aliphatic rings. The lowest BCUT2D eigenvalue weighted by Crippen LogP contribution is -2.64. The normalized spacial score (nSPS) is 21.1. The Morgan fingerprint density at radius 1 is 1.19 bits per heavy atom. The van der Waals surface area contributed by atoms with E-state index >= 15 is 0 Å². The number of benzene rings is 1. The van der Waals surface area contributed by atoms with Crippen LogP contribution in [0.2, 0.25) is 0 Å². The molecule has 1 aliphatic carbocycles. The predicted molar refractivity (Wildman–Crippen MR) is 102 cm³/mol. The van der Waals surface area contributed by atoms with Crippen LogP contribution in [-0.2, 0) is 11.8 Å². The fourth-order valence-corrected chi connectivity index (χ4v) is 4.76. The number of carbonyl (C=O) groups excluding carboxylic acids is 2. The van der Waals surface area contributed by atoms with Gasteiger partial charge in [0.2, 0.25) is 5.91 Å². The van der Waals surface area contributed by atoms with Gasteiger partial charge in [0, 0.05) is 26.3 Å². The van der Waals surface area contributed by atoms with E-state index in [-0.39, 0.29) is 23.3 Å². The molecule has 0 bridgehead atoms. The van der Waals surface area contributed by atoms with Crippen molar-refractivity contribution in [2.24, 2.45) is 12.5 Å². The predicted octanol–water partition coefficient (Wildman–Crippen LogP) is 2.68. The molecule has 6 nitrogen and oxygen atoms in total. The van der Waals surface area contributed by atoms with E-state index in [2.05, 4.69) is 22.5 Å². The van der Waals surface area contributed by atoms with Crippen molar-refractivity contribution < 1.29 is 9.59 Å². The Morgan fingerprint density at radius 3 is 2.59 bits per heavy atom. The van der Waals surface area contributed by atoms with Gasteiger partial charge in [0.05, 0.1) is 11.5 Å². The topological polar surface area (TPSA) is 67.2 Å². The van der Waals surface area contributed by atoms with Crippen molar-refractivity contribution in [1.29, 1.82) is 0 Å². The van der Waals surface area contributed by atoms with Crippen LogP contribution in [0.4, 0.5) is 0 Å². The fourth-order valence-electron chi connectivity index (χ4n) is 4.76. The number of β-lactam (4-membered cyclic amide) rings is 1. The molecule has 1 atom stereocenters. The van der Waals surface area contributed by atoms with E-state index in [1.807, 2.05) is 23.1 Å². The summed E-state index contributed by atoms with van der Waals surface area (Å²) in [4.78, 5) is 27.3. The Morgan fingerprint density at radius 2 is 1.93 bits per heavy atom. The Hall–Kier alpha value is -2.63. The fraction of sp³-hybridized carbons (Fsp3) is 0.476. The van der Waals surface area contributed by atoms with E-state index in [0.29, 0.717) is 18.8 Å². The molecule has 1 aliphatic heterocycles. The number of likely N-dealkylation sites (tertiary alicyclic amines) is 1. The maximum Gasteiger partial charge on any atom is 0.269 e. The van der Waals surface area contributed by atoms with Crippen LogP contribution in [0, 0.1) is 5.41 Å². The van der Waals surface area contributed by atoms with Gasteiger partial charge in [0.25, 0.3) is 5.91 Å². The molecule has 2 aromatic rings. The number of aryl methyl sites for hydroxylation is 1. The highest BCUT2D eigenvalue weighted by Gasteiger charge is 2.60. The molecule has 1 aromatic carbocycles. The second-order valence-electron chi connectivity index (χ2n) is 7.62. The highest BCUT2D eigenvalue weighted by Crippen LogP contribution is 2.57. The Labute approximate surface area is 159 Å². The lowest BCUT2D eigenvalue weighted by atomic mass is 9.60. The molecule has 1 saturated heterocycles. The molecule has 6 heteroatoms. The molecule has 2 heterocycles. The van der Waals surface area contributed by atoms with Crippen LogP contribution in [0.15, 0.2) is 42.6 Å². The highest BCUT2D eigenvalue weighted by molar-refractivity contribution is 5.93. The second-order valence-corrected chi connectivity index (χ2v) is 7.62. The van der Waals surface area contributed by atoms with Crippen LogP contribution in [-0.4, -0.2) is 39.6 Å². The largest absolute Gasteiger partial charge is 0.349 e. The van der Waals surface area contributed by atoms with Crippen molar-refractivity contribution in [1.82, 2.24) is 20.0 Å². The van der Waals surface area contributed by atoms with Gasteiger partial charge in [-0.2, -0.15) is 5.10 Å². The van der Waals surface area contributed by atoms with Crippen molar-refractivity contribution >= 4 is 11.8 Å². The first-order valence-electron chi connectivity index (χ1n) is 9.76. The summed E-state index contributed by atoms with van der Waals surface area (Å²) in [5, 5.41) is 6.94. The van der Waals surface area contributed by atoms with Crippen LogP contribution in [0.5, 0.6) is 0 Å². The van der Waals surface area contributed by atoms with Crippen molar-refractivity contribution in [2.45, 2.75) is 38.1 Å². The molecular formula is C21H26N4O2. The number of aromatic nitrogens is 2. The number of hydrogen-bond acceptors (Lipinski definition) is 3. The SMILES string of the molecule is Cn1nccc1C(=O)NCCN1C(=O)C2(CCCCC2)C1c1ccccc1. The van der Waals surface area contributed by atoms with Crippen LogP contribution in [0.25, 0.3) is 0 Å². The van der Waals surface area contributed by atoms with Crippen molar-refractivity contribution in [3.8, 4) is 0 Å². The summed E-state index contributed by atoms with van der Waals surface area (Å²) in [5.74, 6) is 0.0949. The molecule has 142 valence electrons. The van der Waals surface area contributed by atoms with E-state index in [4.69, 9.17) is 0 Å². The molecule has 1 unspecified atom stereocenters. The van der Waals surface area contributed by atoms with Gasteiger partial charge < -0.3 is 10.2 Å². The number of carbonyl (C=O) groups is 2. The first-order valence-corrected chi connectivity index (χ1v) is 9.76. The minimum atomic E-state index is -0.231. The van der Waals surface area contributed by atoms with Crippen molar-refractivity contribution in [3.05, 3.63) is 53.9 Å². The summed E-state index contributed by atoms with van der Waals surface area (Å²) >= 11 is 0. The number of rotatable bonds is 5. The molecule has 1 spiro atoms. The van der Waals surface area contributed by atoms with Crippen LogP contribution < -0.4 is 5.32 Å². The average molecular weight is 366 g/mol. The van der Waals surface area contributed by atoms with Gasteiger partial charge in [-0.25, -0.2) is 0 Å². The minimum Gasteiger partial charge on any atom is -0.349 e. The maximum absolute atomic E-state index is 13.1. The molecular weight excluding hydrogens is 340 g/mol. The Kier molecular flexibility index (Phi) is 4.72. The molecule has 1 N–H and O–H groups in total. The molecule has 1 aromatic heterocycles. The van der Waals surface area contributed by atoms with Gasteiger partial charge >= 0.3 is 0 Å². The quantitative estimate of drug-likeness (QED) is 0.828. The summed E-state index contributed by atoms with van der Waals surface area (Å²) in [6.07, 6.45) is 7.02. The lowest BCUT2D eigenvalue weighted by molar-refractivity contribution is -0.178. The average Bonchev–Trinajstić information content (AvgIpc) is 3.14. The van der Waals surface area contributed by atoms with Gasteiger partial charge in [-0.1, -0.05) is 49.6 Å². The van der Waals surface area contributed by atoms with Gasteiger partial charge in [-0.05, 0) is 24.5 Å². The van der Waals surface area contributed by atoms with E-state index in [0.717, 1.165) is 25.7 Å². The molecule has 4 rings (SSSR count). The maximum atomic E-state index is 13.1. The van der Waals surface area contributed by atoms with E-state index in [9.17, 15) is 9.59 Å². The summed E-state index contributed by atoms with van der Waals surface area (Å²) in [6.45, 7) is 0.971. The molecule has 27 heavy (non-hydrogen) atoms. The third kappa shape index (κ3) is 3.03. The zero-order chi connectivity index (χ0) is 18.9. The monoisotopic (exact) mass is 366 g/mol. The molecule has 2 fully saturated rings. The molecule has 0 radical (unpaired) electrons. The number of hydrogen-bond donors (Lipinski definition) is 1. The highest BCUT2D eigenvalue weighted by atomic mass is 16.2. The van der Waals surface area contributed by atoms with Crippen LogP contribution >= 0.6 is 0 Å². The molecule has 1 saturated carbocycles. The van der Waals surface area contributed by atoms with E-state index < -0.39 is 0 Å². The van der Waals surface area contributed by atoms with Gasteiger partial charge in [0.15, 0.2) is 0 Å². The Bertz CT molecular complexity index is 824. The standard InChI is InChI=1S/C21H26N4O2/c1-24-17(10-13-23-24)19(26)22-14-15-25-18(16-8-4-2-5-9-16)21(20(25)27)11-6-3-7-12-21/h2,4-5,8-10,13,18H,3,6-7,11-12,14-15H2,1H3,(H,22,26). The van der Waals surface area contributed by atoms with Gasteiger partial charge in [0.1, 0.15) is 5.69 Å². The minimum absolute atomic E-state index is 0.125. The van der Waals surface area contributed by atoms with Crippen molar-refractivity contribution in [3.63, 3.8) is 0 Å². The summed E-state index contributed by atoms with van der Waals surface area (Å²) in [6, 6.07) is 12.1. The van der Waals surface area contributed by atoms with Gasteiger partial charge in [-0.15, -0.1) is 0 Å². The van der Waals surface area contributed by atoms with E-state index in [1.165, 1.54) is 12.0 Å².